The van der Waals surface area contributed by atoms with Crippen molar-refractivity contribution < 1.29 is 4.79 Å². The van der Waals surface area contributed by atoms with E-state index in [-0.39, 0.29) is 5.91 Å². The van der Waals surface area contributed by atoms with Gasteiger partial charge in [0.2, 0.25) is 11.9 Å². The maximum absolute atomic E-state index is 11.5. The van der Waals surface area contributed by atoms with Crippen LogP contribution in [0, 0.1) is 20.8 Å². The lowest BCUT2D eigenvalue weighted by Crippen LogP contribution is -2.48. The monoisotopic (exact) mass is 339 g/mol. The Labute approximate surface area is 148 Å². The third-order valence-corrected chi connectivity index (χ3v) is 4.49. The molecule has 0 unspecified atom stereocenters. The number of aromatic nitrogens is 2. The molecular formula is C19H25N5O. The van der Waals surface area contributed by atoms with Gasteiger partial charge >= 0.3 is 0 Å². The van der Waals surface area contributed by atoms with E-state index in [0.717, 1.165) is 36.2 Å². The molecule has 0 aliphatic carbocycles. The summed E-state index contributed by atoms with van der Waals surface area (Å²) in [6, 6.07) is 8.27. The summed E-state index contributed by atoms with van der Waals surface area (Å²) in [6.45, 7) is 10.7. The molecule has 132 valence electrons. The highest BCUT2D eigenvalue weighted by atomic mass is 16.2. The molecular weight excluding hydrogens is 314 g/mol. The first kappa shape index (κ1) is 17.2. The van der Waals surface area contributed by atoms with E-state index in [9.17, 15) is 4.79 Å². The zero-order valence-corrected chi connectivity index (χ0v) is 15.3. The number of hydrogen-bond acceptors (Lipinski definition) is 5. The molecule has 0 radical (unpaired) electrons. The van der Waals surface area contributed by atoms with Gasteiger partial charge in [-0.3, -0.25) is 4.79 Å². The minimum Gasteiger partial charge on any atom is -0.340 e. The molecule has 1 aromatic heterocycles. The fourth-order valence-corrected chi connectivity index (χ4v) is 3.07. The summed E-state index contributed by atoms with van der Waals surface area (Å²) in [4.78, 5) is 24.7. The van der Waals surface area contributed by atoms with Crippen LogP contribution in [0.3, 0.4) is 0 Å². The summed E-state index contributed by atoms with van der Waals surface area (Å²) >= 11 is 0. The number of hydrogen-bond donors (Lipinski definition) is 1. The Balaban J connectivity index is 1.78. The van der Waals surface area contributed by atoms with Crippen LogP contribution in [-0.4, -0.2) is 47.0 Å². The number of nitrogens with one attached hydrogen (secondary N) is 1. The molecule has 2 aromatic rings. The predicted octanol–water partition coefficient (Wildman–Crippen LogP) is 2.81. The Bertz CT molecular complexity index is 781. The van der Waals surface area contributed by atoms with Crippen LogP contribution in [0.15, 0.2) is 24.3 Å². The molecule has 1 amide bonds. The highest BCUT2D eigenvalue weighted by molar-refractivity contribution is 5.73. The molecule has 1 fully saturated rings. The van der Waals surface area contributed by atoms with Gasteiger partial charge in [-0.05, 0) is 32.4 Å². The van der Waals surface area contributed by atoms with Crippen molar-refractivity contribution in [3.63, 3.8) is 0 Å². The van der Waals surface area contributed by atoms with Crippen molar-refractivity contribution in [2.45, 2.75) is 27.7 Å². The Morgan fingerprint density at radius 1 is 1.04 bits per heavy atom. The van der Waals surface area contributed by atoms with E-state index in [4.69, 9.17) is 0 Å². The first-order chi connectivity index (χ1) is 11.9. The van der Waals surface area contributed by atoms with Crippen molar-refractivity contribution in [2.75, 3.05) is 36.4 Å². The Morgan fingerprint density at radius 2 is 1.76 bits per heavy atom. The number of nitrogens with zero attached hydrogens (tertiary/aromatic N) is 4. The zero-order valence-electron chi connectivity index (χ0n) is 15.3. The zero-order chi connectivity index (χ0) is 18.0. The topological polar surface area (TPSA) is 61.4 Å². The molecule has 0 spiro atoms. The lowest BCUT2D eigenvalue weighted by molar-refractivity contribution is -0.129. The van der Waals surface area contributed by atoms with Crippen LogP contribution in [0.4, 0.5) is 17.5 Å². The normalized spacial score (nSPS) is 14.6. The van der Waals surface area contributed by atoms with Gasteiger partial charge in [0, 0.05) is 50.6 Å². The number of aryl methyl sites for hydroxylation is 3. The Hall–Kier alpha value is -2.63. The number of rotatable bonds is 3. The third-order valence-electron chi connectivity index (χ3n) is 4.49. The molecule has 25 heavy (non-hydrogen) atoms. The van der Waals surface area contributed by atoms with E-state index in [1.165, 1.54) is 11.1 Å². The lowest BCUT2D eigenvalue weighted by atomic mass is 10.1. The Kier molecular flexibility index (Phi) is 4.88. The van der Waals surface area contributed by atoms with E-state index >= 15 is 0 Å². The Morgan fingerprint density at radius 3 is 2.40 bits per heavy atom. The maximum Gasteiger partial charge on any atom is 0.227 e. The van der Waals surface area contributed by atoms with E-state index in [1.807, 2.05) is 17.9 Å². The molecule has 1 aliphatic heterocycles. The minimum atomic E-state index is 0.127. The summed E-state index contributed by atoms with van der Waals surface area (Å²) in [7, 11) is 0. The van der Waals surface area contributed by atoms with Gasteiger partial charge in [-0.1, -0.05) is 17.7 Å². The second kappa shape index (κ2) is 7.09. The van der Waals surface area contributed by atoms with Gasteiger partial charge in [0.1, 0.15) is 5.82 Å². The molecule has 3 rings (SSSR count). The van der Waals surface area contributed by atoms with E-state index < -0.39 is 0 Å². The van der Waals surface area contributed by atoms with Crippen LogP contribution in [0.1, 0.15) is 23.7 Å². The molecule has 0 atom stereocenters. The van der Waals surface area contributed by atoms with Crippen molar-refractivity contribution in [2.24, 2.45) is 0 Å². The highest BCUT2D eigenvalue weighted by Crippen LogP contribution is 2.22. The van der Waals surface area contributed by atoms with Crippen molar-refractivity contribution in [3.05, 3.63) is 41.1 Å². The number of benzene rings is 1. The van der Waals surface area contributed by atoms with Gasteiger partial charge in [-0.2, -0.15) is 4.98 Å². The summed E-state index contributed by atoms with van der Waals surface area (Å²) < 4.78 is 0. The average Bonchev–Trinajstić information content (AvgIpc) is 2.57. The second-order valence-corrected chi connectivity index (χ2v) is 6.63. The molecule has 1 aliphatic rings. The van der Waals surface area contributed by atoms with E-state index in [1.54, 1.807) is 6.92 Å². The van der Waals surface area contributed by atoms with Crippen LogP contribution in [0.25, 0.3) is 0 Å². The number of carbonyl (C=O) groups is 1. The maximum atomic E-state index is 11.5. The number of anilines is 3. The van der Waals surface area contributed by atoms with E-state index in [2.05, 4.69) is 52.2 Å². The molecule has 0 bridgehead atoms. The predicted molar refractivity (Wildman–Crippen MR) is 100 cm³/mol. The van der Waals surface area contributed by atoms with Gasteiger partial charge in [-0.15, -0.1) is 0 Å². The number of piperazine rings is 1. The van der Waals surface area contributed by atoms with Crippen LogP contribution >= 0.6 is 0 Å². The first-order valence-electron chi connectivity index (χ1n) is 8.63. The van der Waals surface area contributed by atoms with Crippen LogP contribution in [-0.2, 0) is 4.79 Å². The smallest absolute Gasteiger partial charge is 0.227 e. The van der Waals surface area contributed by atoms with Crippen molar-refractivity contribution in [1.82, 2.24) is 14.9 Å². The fourth-order valence-electron chi connectivity index (χ4n) is 3.07. The van der Waals surface area contributed by atoms with Crippen molar-refractivity contribution in [3.8, 4) is 0 Å². The molecule has 2 heterocycles. The van der Waals surface area contributed by atoms with Crippen LogP contribution in [0.5, 0.6) is 0 Å². The van der Waals surface area contributed by atoms with Gasteiger partial charge < -0.3 is 15.1 Å². The molecule has 1 N–H and O–H groups in total. The van der Waals surface area contributed by atoms with Crippen molar-refractivity contribution in [1.29, 1.82) is 0 Å². The summed E-state index contributed by atoms with van der Waals surface area (Å²) in [5.74, 6) is 1.64. The largest absolute Gasteiger partial charge is 0.340 e. The first-order valence-corrected chi connectivity index (χ1v) is 8.63. The summed E-state index contributed by atoms with van der Waals surface area (Å²) in [5.41, 5.74) is 4.40. The molecule has 1 saturated heterocycles. The van der Waals surface area contributed by atoms with Crippen LogP contribution in [0.2, 0.25) is 0 Å². The molecule has 1 aromatic carbocycles. The fraction of sp³-hybridized carbons (Fsp3) is 0.421. The van der Waals surface area contributed by atoms with Crippen LogP contribution < -0.4 is 10.2 Å². The van der Waals surface area contributed by atoms with Gasteiger partial charge in [-0.25, -0.2) is 4.98 Å². The average molecular weight is 339 g/mol. The number of carbonyl (C=O) groups excluding carboxylic acids is 1. The van der Waals surface area contributed by atoms with Gasteiger partial charge in [0.15, 0.2) is 0 Å². The summed E-state index contributed by atoms with van der Waals surface area (Å²) in [6.07, 6.45) is 0. The SMILES string of the molecule is CC(=O)N1CCN(c2nc(C)cc(Nc3ccc(C)cc3C)n2)CC1. The number of amides is 1. The lowest BCUT2D eigenvalue weighted by Gasteiger charge is -2.34. The molecule has 6 nitrogen and oxygen atoms in total. The van der Waals surface area contributed by atoms with E-state index in [0.29, 0.717) is 13.1 Å². The third kappa shape index (κ3) is 4.07. The van der Waals surface area contributed by atoms with Gasteiger partial charge in [0.25, 0.3) is 0 Å². The van der Waals surface area contributed by atoms with Gasteiger partial charge in [0.05, 0.1) is 0 Å². The minimum absolute atomic E-state index is 0.127. The van der Waals surface area contributed by atoms with Crippen molar-refractivity contribution >= 4 is 23.4 Å². The second-order valence-electron chi connectivity index (χ2n) is 6.63. The summed E-state index contributed by atoms with van der Waals surface area (Å²) in [5, 5.41) is 3.40. The molecule has 0 saturated carbocycles. The quantitative estimate of drug-likeness (QED) is 0.932. The molecule has 6 heteroatoms. The standard InChI is InChI=1S/C19H25N5O/c1-13-5-6-17(14(2)11-13)21-18-12-15(3)20-19(22-18)24-9-7-23(8-10-24)16(4)25/h5-6,11-12H,7-10H2,1-4H3,(H,20,21,22). The highest BCUT2D eigenvalue weighted by Gasteiger charge is 2.21.